The number of aromatic hydroxyl groups is 1. The minimum absolute atomic E-state index is 0.0350. The molecule has 0 saturated carbocycles. The zero-order valence-corrected chi connectivity index (χ0v) is 9.74. The molecule has 3 N–H and O–H groups in total. The molecule has 0 radical (unpaired) electrons. The van der Waals surface area contributed by atoms with Crippen LogP contribution in [0.5, 0.6) is 11.5 Å². The number of nitrogens with zero attached hydrogens (tertiary/aromatic N) is 1. The first-order chi connectivity index (χ1) is 7.40. The molecule has 0 aliphatic carbocycles. The number of hydrogen-bond acceptors (Lipinski definition) is 4. The molecule has 1 aromatic rings. The van der Waals surface area contributed by atoms with E-state index in [0.29, 0.717) is 22.9 Å². The summed E-state index contributed by atoms with van der Waals surface area (Å²) in [5.41, 5.74) is 7.32. The average molecular weight is 220 g/mol. The fraction of sp³-hybridized carbons (Fsp3) is 0.250. The Kier molecular flexibility index (Phi) is 3.55. The summed E-state index contributed by atoms with van der Waals surface area (Å²) in [5.74, 6) is 1.01. The highest BCUT2D eigenvalue weighted by Crippen LogP contribution is 2.36. The Hall–Kier alpha value is -1.97. The Bertz CT molecular complexity index is 447. The molecule has 1 aromatic carbocycles. The van der Waals surface area contributed by atoms with Gasteiger partial charge in [-0.3, -0.25) is 4.99 Å². The van der Waals surface area contributed by atoms with Gasteiger partial charge in [0.05, 0.1) is 11.4 Å². The first-order valence-corrected chi connectivity index (χ1v) is 4.88. The van der Waals surface area contributed by atoms with E-state index >= 15 is 0 Å². The van der Waals surface area contributed by atoms with Crippen LogP contribution >= 0.6 is 0 Å². The summed E-state index contributed by atoms with van der Waals surface area (Å²) in [6, 6.07) is 3.01. The fourth-order valence-electron chi connectivity index (χ4n) is 1.18. The predicted molar refractivity (Wildman–Crippen MR) is 66.4 cm³/mol. The number of ether oxygens (including phenoxy) is 1. The van der Waals surface area contributed by atoms with Gasteiger partial charge in [0.2, 0.25) is 0 Å². The second-order valence-electron chi connectivity index (χ2n) is 3.74. The van der Waals surface area contributed by atoms with Gasteiger partial charge in [-0.05, 0) is 20.8 Å². The molecule has 86 valence electrons. The molecule has 4 heteroatoms. The number of nitrogen functional groups attached to an aromatic ring is 1. The van der Waals surface area contributed by atoms with E-state index in [1.165, 1.54) is 6.07 Å². The molecule has 0 aliphatic rings. The van der Waals surface area contributed by atoms with E-state index in [1.54, 1.807) is 13.0 Å². The molecule has 0 aliphatic heterocycles. The van der Waals surface area contributed by atoms with Gasteiger partial charge in [-0.1, -0.05) is 6.58 Å². The van der Waals surface area contributed by atoms with E-state index in [0.717, 1.165) is 5.71 Å². The van der Waals surface area contributed by atoms with Gasteiger partial charge in [0, 0.05) is 17.8 Å². The number of aliphatic imine (C=N–C) groups is 1. The molecule has 0 fully saturated rings. The maximum atomic E-state index is 9.63. The molecule has 0 spiro atoms. The lowest BCUT2D eigenvalue weighted by Crippen LogP contribution is -1.95. The fourth-order valence-corrected chi connectivity index (χ4v) is 1.18. The van der Waals surface area contributed by atoms with E-state index in [2.05, 4.69) is 11.6 Å². The van der Waals surface area contributed by atoms with Gasteiger partial charge < -0.3 is 15.6 Å². The molecule has 0 amide bonds. The van der Waals surface area contributed by atoms with Crippen molar-refractivity contribution in [3.63, 3.8) is 0 Å². The molecular formula is C12H16N2O2. The second-order valence-corrected chi connectivity index (χ2v) is 3.74. The number of allylic oxidation sites excluding steroid dienone is 1. The normalized spacial score (nSPS) is 9.69. The van der Waals surface area contributed by atoms with Gasteiger partial charge in [0.15, 0.2) is 5.75 Å². The highest BCUT2D eigenvalue weighted by Gasteiger charge is 2.08. The molecule has 0 saturated heterocycles. The lowest BCUT2D eigenvalue weighted by atomic mass is 10.2. The van der Waals surface area contributed by atoms with Gasteiger partial charge in [0.1, 0.15) is 11.4 Å². The Balaban J connectivity index is 3.21. The lowest BCUT2D eigenvalue weighted by Gasteiger charge is -2.10. The number of hydrogen-bond donors (Lipinski definition) is 2. The van der Waals surface area contributed by atoms with Crippen LogP contribution in [0.1, 0.15) is 20.8 Å². The van der Waals surface area contributed by atoms with Crippen LogP contribution in [0.3, 0.4) is 0 Å². The third-order valence-electron chi connectivity index (χ3n) is 1.74. The lowest BCUT2D eigenvalue weighted by molar-refractivity contribution is 0.430. The molecule has 0 atom stereocenters. The third-order valence-corrected chi connectivity index (χ3v) is 1.74. The number of benzene rings is 1. The van der Waals surface area contributed by atoms with E-state index in [-0.39, 0.29) is 5.75 Å². The van der Waals surface area contributed by atoms with Crippen LogP contribution < -0.4 is 10.5 Å². The van der Waals surface area contributed by atoms with Crippen molar-refractivity contribution in [1.29, 1.82) is 0 Å². The van der Waals surface area contributed by atoms with E-state index in [4.69, 9.17) is 10.5 Å². The largest absolute Gasteiger partial charge is 0.506 e. The van der Waals surface area contributed by atoms with Crippen LogP contribution in [0.4, 0.5) is 11.4 Å². The standard InChI is InChI=1S/C12H16N2O2/c1-7(2)14-10-6-12(16-8(3)4)9(13)5-11(10)15/h5-6,15H,3,13H2,1-2,4H3. The second kappa shape index (κ2) is 4.70. The maximum absolute atomic E-state index is 9.63. The van der Waals surface area contributed by atoms with Gasteiger partial charge in [-0.25, -0.2) is 0 Å². The van der Waals surface area contributed by atoms with Gasteiger partial charge in [-0.15, -0.1) is 0 Å². The number of phenolic OH excluding ortho intramolecular Hbond substituents is 1. The number of phenols is 1. The van der Waals surface area contributed by atoms with Crippen molar-refractivity contribution in [2.45, 2.75) is 20.8 Å². The monoisotopic (exact) mass is 220 g/mol. The van der Waals surface area contributed by atoms with Crippen molar-refractivity contribution in [3.8, 4) is 11.5 Å². The molecule has 0 unspecified atom stereocenters. The van der Waals surface area contributed by atoms with Crippen LogP contribution in [0.25, 0.3) is 0 Å². The van der Waals surface area contributed by atoms with Crippen molar-refractivity contribution in [2.75, 3.05) is 5.73 Å². The Morgan fingerprint density at radius 2 is 2.00 bits per heavy atom. The van der Waals surface area contributed by atoms with Crippen LogP contribution in [-0.2, 0) is 0 Å². The average Bonchev–Trinajstić information content (AvgIpc) is 2.11. The number of rotatable bonds is 3. The third kappa shape index (κ3) is 3.02. The van der Waals surface area contributed by atoms with Crippen LogP contribution in [0.2, 0.25) is 0 Å². The van der Waals surface area contributed by atoms with E-state index in [9.17, 15) is 5.11 Å². The van der Waals surface area contributed by atoms with Crippen LogP contribution in [0.15, 0.2) is 29.5 Å². The molecule has 1 rings (SSSR count). The summed E-state index contributed by atoms with van der Waals surface area (Å²) in [6.45, 7) is 9.04. The van der Waals surface area contributed by atoms with Crippen molar-refractivity contribution in [1.82, 2.24) is 0 Å². The van der Waals surface area contributed by atoms with E-state index < -0.39 is 0 Å². The van der Waals surface area contributed by atoms with Crippen molar-refractivity contribution >= 4 is 17.1 Å². The maximum Gasteiger partial charge on any atom is 0.152 e. The minimum Gasteiger partial charge on any atom is -0.506 e. The van der Waals surface area contributed by atoms with Crippen molar-refractivity contribution in [2.24, 2.45) is 4.99 Å². The first kappa shape index (κ1) is 12.1. The molecular weight excluding hydrogens is 204 g/mol. The topological polar surface area (TPSA) is 67.8 Å². The summed E-state index contributed by atoms with van der Waals surface area (Å²) in [7, 11) is 0. The molecule has 16 heavy (non-hydrogen) atoms. The van der Waals surface area contributed by atoms with Crippen LogP contribution in [-0.4, -0.2) is 10.8 Å². The zero-order valence-electron chi connectivity index (χ0n) is 9.74. The Morgan fingerprint density at radius 3 is 2.50 bits per heavy atom. The number of nitrogens with two attached hydrogens (primary N) is 1. The summed E-state index contributed by atoms with van der Waals surface area (Å²) in [4.78, 5) is 4.17. The number of anilines is 1. The predicted octanol–water partition coefficient (Wildman–Crippen LogP) is 3.00. The van der Waals surface area contributed by atoms with Crippen molar-refractivity contribution in [3.05, 3.63) is 24.5 Å². The SMILES string of the molecule is C=C(C)Oc1cc(N=C(C)C)c(O)cc1N. The van der Waals surface area contributed by atoms with Crippen molar-refractivity contribution < 1.29 is 9.84 Å². The molecule has 0 heterocycles. The van der Waals surface area contributed by atoms with Gasteiger partial charge in [0.25, 0.3) is 0 Å². The Labute approximate surface area is 95.1 Å². The molecule has 0 bridgehead atoms. The summed E-state index contributed by atoms with van der Waals surface area (Å²) in [6.07, 6.45) is 0. The summed E-state index contributed by atoms with van der Waals surface area (Å²) in [5, 5.41) is 9.63. The quantitative estimate of drug-likeness (QED) is 0.467. The highest BCUT2D eigenvalue weighted by molar-refractivity contribution is 5.83. The molecule has 4 nitrogen and oxygen atoms in total. The summed E-state index contributed by atoms with van der Waals surface area (Å²) < 4.78 is 5.32. The smallest absolute Gasteiger partial charge is 0.152 e. The molecule has 0 aromatic heterocycles. The zero-order chi connectivity index (χ0) is 12.3. The first-order valence-electron chi connectivity index (χ1n) is 4.88. The highest BCUT2D eigenvalue weighted by atomic mass is 16.5. The van der Waals surface area contributed by atoms with Gasteiger partial charge in [-0.2, -0.15) is 0 Å². The van der Waals surface area contributed by atoms with Crippen LogP contribution in [0, 0.1) is 0 Å². The van der Waals surface area contributed by atoms with E-state index in [1.807, 2.05) is 13.8 Å². The van der Waals surface area contributed by atoms with Gasteiger partial charge >= 0.3 is 0 Å². The Morgan fingerprint density at radius 1 is 1.38 bits per heavy atom. The minimum atomic E-state index is 0.0350. The summed E-state index contributed by atoms with van der Waals surface area (Å²) >= 11 is 0.